The first-order valence-corrected chi connectivity index (χ1v) is 8.28. The number of alkyl halides is 1. The van der Waals surface area contributed by atoms with Crippen LogP contribution in [0.15, 0.2) is 36.9 Å². The topological polar surface area (TPSA) is 9.23 Å². The van der Waals surface area contributed by atoms with Gasteiger partial charge in [-0.15, -0.1) is 6.58 Å². The van der Waals surface area contributed by atoms with Crippen molar-refractivity contribution >= 4 is 22.6 Å². The van der Waals surface area contributed by atoms with Crippen molar-refractivity contribution in [2.24, 2.45) is 0 Å². The fraction of sp³-hybridized carbons (Fsp3) is 0.500. The summed E-state index contributed by atoms with van der Waals surface area (Å²) in [6, 6.07) is 8.49. The van der Waals surface area contributed by atoms with Crippen molar-refractivity contribution in [3.8, 4) is 5.75 Å². The molecule has 2 heteroatoms. The SMILES string of the molecule is C=CCCCCCCOc1ccc(CCI)cc1. The van der Waals surface area contributed by atoms with E-state index in [1.807, 2.05) is 6.08 Å². The van der Waals surface area contributed by atoms with Gasteiger partial charge in [0.1, 0.15) is 5.75 Å². The van der Waals surface area contributed by atoms with E-state index in [1.165, 1.54) is 29.3 Å². The molecule has 0 aromatic heterocycles. The van der Waals surface area contributed by atoms with Crippen LogP contribution in [0.2, 0.25) is 0 Å². The third-order valence-corrected chi connectivity index (χ3v) is 3.42. The lowest BCUT2D eigenvalue weighted by molar-refractivity contribution is 0.304. The molecule has 0 heterocycles. The molecule has 0 atom stereocenters. The second-order valence-corrected chi connectivity index (χ2v) is 5.50. The van der Waals surface area contributed by atoms with Crippen LogP contribution in [0.5, 0.6) is 5.75 Å². The first-order valence-electron chi connectivity index (χ1n) is 6.75. The first kappa shape index (κ1) is 15.5. The van der Waals surface area contributed by atoms with Crippen molar-refractivity contribution in [1.29, 1.82) is 0 Å². The zero-order valence-electron chi connectivity index (χ0n) is 11.0. The van der Waals surface area contributed by atoms with E-state index < -0.39 is 0 Å². The average molecular weight is 358 g/mol. The summed E-state index contributed by atoms with van der Waals surface area (Å²) in [7, 11) is 0. The van der Waals surface area contributed by atoms with E-state index in [1.54, 1.807) is 0 Å². The summed E-state index contributed by atoms with van der Waals surface area (Å²) in [5.74, 6) is 0.998. The molecule has 1 aromatic carbocycles. The summed E-state index contributed by atoms with van der Waals surface area (Å²) >= 11 is 2.40. The van der Waals surface area contributed by atoms with Crippen LogP contribution in [0.1, 0.15) is 37.7 Å². The van der Waals surface area contributed by atoms with E-state index in [0.29, 0.717) is 0 Å². The number of rotatable bonds is 10. The van der Waals surface area contributed by atoms with Gasteiger partial charge in [-0.25, -0.2) is 0 Å². The van der Waals surface area contributed by atoms with Crippen LogP contribution in [0.3, 0.4) is 0 Å². The number of hydrogen-bond donors (Lipinski definition) is 0. The predicted octanol–water partition coefficient (Wildman–Crippen LogP) is 5.18. The minimum absolute atomic E-state index is 0.833. The third kappa shape index (κ3) is 7.04. The smallest absolute Gasteiger partial charge is 0.119 e. The normalized spacial score (nSPS) is 10.3. The molecule has 1 nitrogen and oxygen atoms in total. The quantitative estimate of drug-likeness (QED) is 0.242. The van der Waals surface area contributed by atoms with Crippen molar-refractivity contribution < 1.29 is 4.74 Å². The Balaban J connectivity index is 2.09. The van der Waals surface area contributed by atoms with Crippen LogP contribution >= 0.6 is 22.6 Å². The maximum atomic E-state index is 5.72. The van der Waals surface area contributed by atoms with Gasteiger partial charge in [0.05, 0.1) is 6.61 Å². The molecule has 0 amide bonds. The summed E-state index contributed by atoms with van der Waals surface area (Å²) < 4.78 is 6.89. The fourth-order valence-corrected chi connectivity index (χ4v) is 2.42. The van der Waals surface area contributed by atoms with Gasteiger partial charge < -0.3 is 4.74 Å². The lowest BCUT2D eigenvalue weighted by atomic mass is 10.1. The Morgan fingerprint density at radius 1 is 1.06 bits per heavy atom. The van der Waals surface area contributed by atoms with Gasteiger partial charge in [0, 0.05) is 4.43 Å². The lowest BCUT2D eigenvalue weighted by Gasteiger charge is -2.06. The maximum absolute atomic E-state index is 5.72. The van der Waals surface area contributed by atoms with Crippen LogP contribution in [-0.2, 0) is 6.42 Å². The van der Waals surface area contributed by atoms with E-state index in [2.05, 4.69) is 53.4 Å². The molecule has 0 fully saturated rings. The van der Waals surface area contributed by atoms with Crippen LogP contribution < -0.4 is 4.74 Å². The standard InChI is InChI=1S/C16H23IO/c1-2-3-4-5-6-7-14-18-16-10-8-15(9-11-16)12-13-17/h2,8-11H,1,3-7,12-14H2. The van der Waals surface area contributed by atoms with Crippen molar-refractivity contribution in [2.75, 3.05) is 11.0 Å². The Morgan fingerprint density at radius 2 is 1.78 bits per heavy atom. The highest BCUT2D eigenvalue weighted by molar-refractivity contribution is 14.1. The highest BCUT2D eigenvalue weighted by Gasteiger charge is 1.95. The van der Waals surface area contributed by atoms with Gasteiger partial charge in [-0.3, -0.25) is 0 Å². The molecule has 0 saturated carbocycles. The van der Waals surface area contributed by atoms with Gasteiger partial charge >= 0.3 is 0 Å². The summed E-state index contributed by atoms with van der Waals surface area (Å²) in [6.07, 6.45) is 9.21. The molecule has 18 heavy (non-hydrogen) atoms. The summed E-state index contributed by atoms with van der Waals surface area (Å²) in [4.78, 5) is 0. The molecular weight excluding hydrogens is 335 g/mol. The van der Waals surface area contributed by atoms with Gasteiger partial charge in [-0.05, 0) is 43.4 Å². The van der Waals surface area contributed by atoms with Crippen LogP contribution in [0, 0.1) is 0 Å². The van der Waals surface area contributed by atoms with E-state index in [4.69, 9.17) is 4.74 Å². The minimum atomic E-state index is 0.833. The average Bonchev–Trinajstić information content (AvgIpc) is 2.40. The van der Waals surface area contributed by atoms with E-state index >= 15 is 0 Å². The molecule has 1 rings (SSSR count). The molecule has 100 valence electrons. The van der Waals surface area contributed by atoms with E-state index in [-0.39, 0.29) is 0 Å². The molecule has 0 aliphatic heterocycles. The Hall–Kier alpha value is -0.510. The predicted molar refractivity (Wildman–Crippen MR) is 87.8 cm³/mol. The highest BCUT2D eigenvalue weighted by atomic mass is 127. The molecule has 0 aliphatic rings. The zero-order valence-corrected chi connectivity index (χ0v) is 13.2. The number of unbranched alkanes of at least 4 members (excludes halogenated alkanes) is 4. The van der Waals surface area contributed by atoms with Crippen molar-refractivity contribution in [3.63, 3.8) is 0 Å². The lowest BCUT2D eigenvalue weighted by Crippen LogP contribution is -1.97. The number of halogens is 1. The number of hydrogen-bond acceptors (Lipinski definition) is 1. The van der Waals surface area contributed by atoms with E-state index in [9.17, 15) is 0 Å². The summed E-state index contributed by atoms with van der Waals surface area (Å²) in [5.41, 5.74) is 1.39. The molecule has 0 radical (unpaired) electrons. The largest absolute Gasteiger partial charge is 0.494 e. The Bertz CT molecular complexity index is 318. The van der Waals surface area contributed by atoms with Gasteiger partial charge in [0.2, 0.25) is 0 Å². The summed E-state index contributed by atoms with van der Waals surface area (Å²) in [5, 5.41) is 0. The number of aryl methyl sites for hydroxylation is 1. The van der Waals surface area contributed by atoms with Crippen LogP contribution in [0.4, 0.5) is 0 Å². The molecule has 0 aliphatic carbocycles. The Kier molecular flexibility index (Phi) is 9.00. The Morgan fingerprint density at radius 3 is 2.44 bits per heavy atom. The fourth-order valence-electron chi connectivity index (χ4n) is 1.80. The van der Waals surface area contributed by atoms with Gasteiger partial charge in [-0.2, -0.15) is 0 Å². The van der Waals surface area contributed by atoms with Crippen molar-refractivity contribution in [1.82, 2.24) is 0 Å². The van der Waals surface area contributed by atoms with Gasteiger partial charge in [-0.1, -0.05) is 53.6 Å². The Labute approximate surface area is 125 Å². The number of ether oxygens (including phenoxy) is 1. The highest BCUT2D eigenvalue weighted by Crippen LogP contribution is 2.14. The van der Waals surface area contributed by atoms with Crippen molar-refractivity contribution in [2.45, 2.75) is 38.5 Å². The zero-order chi connectivity index (χ0) is 13.1. The van der Waals surface area contributed by atoms with Crippen molar-refractivity contribution in [3.05, 3.63) is 42.5 Å². The second kappa shape index (κ2) is 10.4. The molecular formula is C16H23IO. The summed E-state index contributed by atoms with van der Waals surface area (Å²) in [6.45, 7) is 4.56. The second-order valence-electron chi connectivity index (χ2n) is 4.42. The van der Waals surface area contributed by atoms with Gasteiger partial charge in [0.25, 0.3) is 0 Å². The monoisotopic (exact) mass is 358 g/mol. The molecule has 0 bridgehead atoms. The number of allylic oxidation sites excluding steroid dienone is 1. The first-order chi connectivity index (χ1) is 8.86. The maximum Gasteiger partial charge on any atom is 0.119 e. The number of benzene rings is 1. The third-order valence-electron chi connectivity index (χ3n) is 2.88. The van der Waals surface area contributed by atoms with Crippen LogP contribution in [0.25, 0.3) is 0 Å². The molecule has 0 unspecified atom stereocenters. The molecule has 0 saturated heterocycles. The van der Waals surface area contributed by atoms with E-state index in [0.717, 1.165) is 31.6 Å². The molecule has 0 N–H and O–H groups in total. The molecule has 1 aromatic rings. The van der Waals surface area contributed by atoms with Gasteiger partial charge in [0.15, 0.2) is 0 Å². The minimum Gasteiger partial charge on any atom is -0.494 e. The van der Waals surface area contributed by atoms with Crippen LogP contribution in [-0.4, -0.2) is 11.0 Å². The molecule has 0 spiro atoms.